The summed E-state index contributed by atoms with van der Waals surface area (Å²) in [6.45, 7) is 3.63. The van der Waals surface area contributed by atoms with Gasteiger partial charge in [-0.05, 0) is 13.8 Å². The van der Waals surface area contributed by atoms with Gasteiger partial charge in [-0.1, -0.05) is 0 Å². The van der Waals surface area contributed by atoms with E-state index < -0.39 is 0 Å². The summed E-state index contributed by atoms with van der Waals surface area (Å²) in [7, 11) is 0. The largest absolute Gasteiger partial charge is 0.306 e. The summed E-state index contributed by atoms with van der Waals surface area (Å²) in [6.07, 6.45) is 3.62. The van der Waals surface area contributed by atoms with Crippen molar-refractivity contribution in [1.82, 2.24) is 9.38 Å². The van der Waals surface area contributed by atoms with Crippen LogP contribution < -0.4 is 0 Å². The minimum Gasteiger partial charge on any atom is -0.306 e. The molecule has 12 heavy (non-hydrogen) atoms. The third-order valence-corrected chi connectivity index (χ3v) is 1.85. The van der Waals surface area contributed by atoms with Crippen LogP contribution in [0.2, 0.25) is 0 Å². The number of nitrogens with zero attached hydrogens (tertiary/aromatic N) is 2. The molecular formula is C9H9FN2. The van der Waals surface area contributed by atoms with Crippen LogP contribution in [0.3, 0.4) is 0 Å². The highest BCUT2D eigenvalue weighted by Crippen LogP contribution is 2.10. The Morgan fingerprint density at radius 2 is 2.08 bits per heavy atom. The van der Waals surface area contributed by atoms with Crippen molar-refractivity contribution < 1.29 is 4.39 Å². The van der Waals surface area contributed by atoms with E-state index in [0.29, 0.717) is 11.2 Å². The van der Waals surface area contributed by atoms with Gasteiger partial charge >= 0.3 is 0 Å². The molecule has 0 unspecified atom stereocenters. The van der Waals surface area contributed by atoms with E-state index >= 15 is 0 Å². The Morgan fingerprint density at radius 1 is 1.33 bits per heavy atom. The number of pyridine rings is 1. The Kier molecular flexibility index (Phi) is 1.40. The molecule has 3 heteroatoms. The standard InChI is InChI=1S/C9H9FN2/c1-6-4-12-5-7(2)11-9(12)3-8(6)10/h3-5H,1-2H3. The van der Waals surface area contributed by atoms with Crippen LogP contribution in [-0.2, 0) is 0 Å². The zero-order valence-corrected chi connectivity index (χ0v) is 7.00. The number of rotatable bonds is 0. The molecule has 0 radical (unpaired) electrons. The predicted molar refractivity (Wildman–Crippen MR) is 44.6 cm³/mol. The first-order valence-corrected chi connectivity index (χ1v) is 3.78. The van der Waals surface area contributed by atoms with E-state index in [-0.39, 0.29) is 5.82 Å². The first kappa shape index (κ1) is 7.28. The van der Waals surface area contributed by atoms with E-state index in [9.17, 15) is 4.39 Å². The Balaban J connectivity index is 2.83. The molecule has 0 fully saturated rings. The van der Waals surface area contributed by atoms with Gasteiger partial charge in [0.2, 0.25) is 0 Å². The van der Waals surface area contributed by atoms with Crippen LogP contribution in [0, 0.1) is 19.7 Å². The van der Waals surface area contributed by atoms with Crippen LogP contribution in [0.15, 0.2) is 18.5 Å². The zero-order chi connectivity index (χ0) is 8.72. The molecule has 0 saturated carbocycles. The Labute approximate surface area is 69.7 Å². The topological polar surface area (TPSA) is 17.3 Å². The Bertz CT molecular complexity index is 392. The molecule has 0 aliphatic carbocycles. The van der Waals surface area contributed by atoms with Crippen LogP contribution in [0.25, 0.3) is 5.65 Å². The van der Waals surface area contributed by atoms with Crippen molar-refractivity contribution in [3.05, 3.63) is 35.5 Å². The number of aryl methyl sites for hydroxylation is 2. The van der Waals surface area contributed by atoms with E-state index in [1.54, 1.807) is 13.1 Å². The van der Waals surface area contributed by atoms with E-state index in [0.717, 1.165) is 5.69 Å². The van der Waals surface area contributed by atoms with Crippen molar-refractivity contribution in [3.63, 3.8) is 0 Å². The van der Waals surface area contributed by atoms with E-state index in [1.165, 1.54) is 6.07 Å². The van der Waals surface area contributed by atoms with Gasteiger partial charge in [-0.3, -0.25) is 0 Å². The highest BCUT2D eigenvalue weighted by Gasteiger charge is 2.01. The molecule has 2 aromatic heterocycles. The van der Waals surface area contributed by atoms with Gasteiger partial charge in [0.1, 0.15) is 11.5 Å². The van der Waals surface area contributed by atoms with Crippen molar-refractivity contribution in [3.8, 4) is 0 Å². The van der Waals surface area contributed by atoms with Crippen LogP contribution in [0.5, 0.6) is 0 Å². The van der Waals surface area contributed by atoms with Gasteiger partial charge in [-0.25, -0.2) is 9.37 Å². The molecule has 2 aromatic rings. The molecule has 2 heterocycles. The summed E-state index contributed by atoms with van der Waals surface area (Å²) in [5, 5.41) is 0. The van der Waals surface area contributed by atoms with Crippen LogP contribution in [-0.4, -0.2) is 9.38 Å². The van der Waals surface area contributed by atoms with E-state index in [2.05, 4.69) is 4.98 Å². The van der Waals surface area contributed by atoms with Crippen molar-refractivity contribution in [2.24, 2.45) is 0 Å². The van der Waals surface area contributed by atoms with Gasteiger partial charge in [0, 0.05) is 24.0 Å². The highest BCUT2D eigenvalue weighted by molar-refractivity contribution is 5.41. The molecule has 0 bridgehead atoms. The highest BCUT2D eigenvalue weighted by atomic mass is 19.1. The minimum absolute atomic E-state index is 0.201. The molecule has 0 amide bonds. The molecule has 0 atom stereocenters. The first-order chi connectivity index (χ1) is 5.66. The summed E-state index contributed by atoms with van der Waals surface area (Å²) in [6, 6.07) is 1.45. The minimum atomic E-state index is -0.201. The maximum Gasteiger partial charge on any atom is 0.139 e. The van der Waals surface area contributed by atoms with Gasteiger partial charge < -0.3 is 4.40 Å². The third-order valence-electron chi connectivity index (χ3n) is 1.85. The fourth-order valence-electron chi connectivity index (χ4n) is 1.24. The number of hydrogen-bond donors (Lipinski definition) is 0. The number of hydrogen-bond acceptors (Lipinski definition) is 1. The van der Waals surface area contributed by atoms with Gasteiger partial charge in [-0.2, -0.15) is 0 Å². The predicted octanol–water partition coefficient (Wildman–Crippen LogP) is 2.09. The maximum absolute atomic E-state index is 13.0. The number of halogens is 1. The average molecular weight is 164 g/mol. The van der Waals surface area contributed by atoms with Gasteiger partial charge in [0.25, 0.3) is 0 Å². The summed E-state index contributed by atoms with van der Waals surface area (Å²) >= 11 is 0. The fraction of sp³-hybridized carbons (Fsp3) is 0.222. The van der Waals surface area contributed by atoms with Gasteiger partial charge in [0.15, 0.2) is 0 Å². The molecule has 2 nitrogen and oxygen atoms in total. The van der Waals surface area contributed by atoms with Crippen LogP contribution >= 0.6 is 0 Å². The molecule has 0 aliphatic heterocycles. The molecular weight excluding hydrogens is 155 g/mol. The lowest BCUT2D eigenvalue weighted by molar-refractivity contribution is 0.616. The second kappa shape index (κ2) is 2.30. The second-order valence-electron chi connectivity index (χ2n) is 2.95. The SMILES string of the molecule is Cc1cn2cc(C)c(F)cc2n1. The number of fused-ring (bicyclic) bond motifs is 1. The first-order valence-electron chi connectivity index (χ1n) is 3.78. The van der Waals surface area contributed by atoms with Gasteiger partial charge in [0.05, 0.1) is 5.69 Å². The molecule has 2 rings (SSSR count). The molecule has 62 valence electrons. The van der Waals surface area contributed by atoms with E-state index in [1.807, 2.05) is 17.5 Å². The quantitative estimate of drug-likeness (QED) is 0.582. The lowest BCUT2D eigenvalue weighted by Gasteiger charge is -1.96. The second-order valence-corrected chi connectivity index (χ2v) is 2.95. The zero-order valence-electron chi connectivity index (χ0n) is 7.00. The smallest absolute Gasteiger partial charge is 0.139 e. The number of imidazole rings is 1. The van der Waals surface area contributed by atoms with Crippen molar-refractivity contribution in [1.29, 1.82) is 0 Å². The summed E-state index contributed by atoms with van der Waals surface area (Å²) < 4.78 is 14.8. The lowest BCUT2D eigenvalue weighted by atomic mass is 10.3. The number of aromatic nitrogens is 2. The van der Waals surface area contributed by atoms with Crippen molar-refractivity contribution >= 4 is 5.65 Å². The lowest BCUT2D eigenvalue weighted by Crippen LogP contribution is -1.88. The normalized spacial score (nSPS) is 10.9. The van der Waals surface area contributed by atoms with Crippen molar-refractivity contribution in [2.45, 2.75) is 13.8 Å². The third kappa shape index (κ3) is 0.978. The molecule has 0 saturated heterocycles. The molecule has 0 N–H and O–H groups in total. The molecule has 0 aliphatic rings. The Hall–Kier alpha value is -1.38. The molecule has 0 aromatic carbocycles. The average Bonchev–Trinajstić information content (AvgIpc) is 2.30. The van der Waals surface area contributed by atoms with Crippen LogP contribution in [0.1, 0.15) is 11.3 Å². The maximum atomic E-state index is 13.0. The summed E-state index contributed by atoms with van der Waals surface area (Å²) in [5.74, 6) is -0.201. The van der Waals surface area contributed by atoms with Gasteiger partial charge in [-0.15, -0.1) is 0 Å². The van der Waals surface area contributed by atoms with Crippen LogP contribution in [0.4, 0.5) is 4.39 Å². The summed E-state index contributed by atoms with van der Waals surface area (Å²) in [5.41, 5.74) is 2.20. The molecule has 0 spiro atoms. The summed E-state index contributed by atoms with van der Waals surface area (Å²) in [4.78, 5) is 4.14. The monoisotopic (exact) mass is 164 g/mol. The van der Waals surface area contributed by atoms with E-state index in [4.69, 9.17) is 0 Å². The van der Waals surface area contributed by atoms with Crippen molar-refractivity contribution in [2.75, 3.05) is 0 Å². The fourth-order valence-corrected chi connectivity index (χ4v) is 1.24. The Morgan fingerprint density at radius 3 is 2.83 bits per heavy atom.